The number of hydrogen-bond acceptors (Lipinski definition) is 6. The van der Waals surface area contributed by atoms with E-state index in [2.05, 4.69) is 20.3 Å². The molecule has 2 aromatic heterocycles. The van der Waals surface area contributed by atoms with Crippen molar-refractivity contribution in [2.75, 3.05) is 16.8 Å². The Morgan fingerprint density at radius 2 is 2.07 bits per heavy atom. The molecule has 9 nitrogen and oxygen atoms in total. The van der Waals surface area contributed by atoms with Crippen molar-refractivity contribution in [2.24, 2.45) is 11.5 Å². The summed E-state index contributed by atoms with van der Waals surface area (Å²) in [5, 5.41) is 4.39. The molecule has 10 heteroatoms. The highest BCUT2D eigenvalue weighted by molar-refractivity contribution is 7.99. The van der Waals surface area contributed by atoms with E-state index in [1.807, 2.05) is 42.1 Å². The number of carbonyl (C=O) groups excluding carboxylic acids is 1. The molecule has 1 amide bonds. The average Bonchev–Trinajstić information content (AvgIpc) is 3.07. The first-order valence-electron chi connectivity index (χ1n) is 8.46. The van der Waals surface area contributed by atoms with E-state index in [-0.39, 0.29) is 28.7 Å². The molecule has 1 aliphatic heterocycles. The first-order valence-corrected chi connectivity index (χ1v) is 9.62. The van der Waals surface area contributed by atoms with Crippen LogP contribution in [-0.2, 0) is 0 Å². The third kappa shape index (κ3) is 4.25. The molecule has 1 aromatic carbocycles. The van der Waals surface area contributed by atoms with Crippen molar-refractivity contribution in [3.8, 4) is 11.4 Å². The molecule has 3 aromatic rings. The SMILES string of the molecule is NC(=O)c1ncc(N[C@H]2CSCC[C@H]2N)nc1-c1cc2ccccc2[nH]1.O.O. The first kappa shape index (κ1) is 21.6. The normalized spacial score (nSPS) is 18.8. The number of nitrogens with zero attached hydrogens (tertiary/aromatic N) is 2. The highest BCUT2D eigenvalue weighted by atomic mass is 32.2. The van der Waals surface area contributed by atoms with Crippen LogP contribution in [0.2, 0.25) is 0 Å². The van der Waals surface area contributed by atoms with Crippen LogP contribution in [0.1, 0.15) is 16.9 Å². The van der Waals surface area contributed by atoms with E-state index >= 15 is 0 Å². The topological polar surface area (TPSA) is 186 Å². The van der Waals surface area contributed by atoms with Crippen molar-refractivity contribution >= 4 is 34.4 Å². The van der Waals surface area contributed by atoms with Crippen molar-refractivity contribution in [1.82, 2.24) is 15.0 Å². The summed E-state index contributed by atoms with van der Waals surface area (Å²) in [5.74, 6) is 1.97. The lowest BCUT2D eigenvalue weighted by molar-refractivity contribution is 0.0996. The van der Waals surface area contributed by atoms with Crippen LogP contribution in [0.3, 0.4) is 0 Å². The minimum atomic E-state index is -0.609. The summed E-state index contributed by atoms with van der Waals surface area (Å²) in [6.07, 6.45) is 2.50. The second-order valence-electron chi connectivity index (χ2n) is 6.37. The standard InChI is InChI=1S/C18H20N6OS.2H2O/c19-11-5-6-26-9-14(11)23-15-8-21-17(18(20)25)16(24-15)13-7-10-3-1-2-4-12(10)22-13;;/h1-4,7-8,11,14,22H,5-6,9,19H2,(H2,20,25)(H,23,24);2*1H2/t11-,14+;;/m1../s1. The number of hydrogen-bond donors (Lipinski definition) is 4. The van der Waals surface area contributed by atoms with Gasteiger partial charge in [-0.05, 0) is 24.3 Å². The summed E-state index contributed by atoms with van der Waals surface area (Å²) in [7, 11) is 0. The Kier molecular flexibility index (Phi) is 6.97. The first-order chi connectivity index (χ1) is 12.6. The Morgan fingerprint density at radius 3 is 2.79 bits per heavy atom. The fourth-order valence-corrected chi connectivity index (χ4v) is 4.31. The molecular weight excluding hydrogens is 380 g/mol. The van der Waals surface area contributed by atoms with E-state index < -0.39 is 5.91 Å². The number of amides is 1. The number of thioether (sulfide) groups is 1. The van der Waals surface area contributed by atoms with Crippen LogP contribution in [0, 0.1) is 0 Å². The van der Waals surface area contributed by atoms with Gasteiger partial charge in [0.2, 0.25) is 0 Å². The zero-order valence-electron chi connectivity index (χ0n) is 15.1. The van der Waals surface area contributed by atoms with Crippen LogP contribution in [0.25, 0.3) is 22.3 Å². The number of rotatable bonds is 4. The number of aromatic amines is 1. The minimum Gasteiger partial charge on any atom is -0.412 e. The number of H-pyrrole nitrogens is 1. The van der Waals surface area contributed by atoms with Crippen molar-refractivity contribution in [1.29, 1.82) is 0 Å². The zero-order chi connectivity index (χ0) is 18.1. The number of carbonyl (C=O) groups is 1. The summed E-state index contributed by atoms with van der Waals surface area (Å²) in [5.41, 5.74) is 14.0. The monoisotopic (exact) mass is 404 g/mol. The van der Waals surface area contributed by atoms with E-state index in [0.717, 1.165) is 28.8 Å². The Morgan fingerprint density at radius 1 is 1.29 bits per heavy atom. The van der Waals surface area contributed by atoms with Crippen LogP contribution in [0.5, 0.6) is 0 Å². The number of benzene rings is 1. The number of fused-ring (bicyclic) bond motifs is 1. The Balaban J connectivity index is 0.00000140. The van der Waals surface area contributed by atoms with E-state index in [0.29, 0.717) is 17.2 Å². The third-order valence-electron chi connectivity index (χ3n) is 4.53. The molecule has 150 valence electrons. The average molecular weight is 404 g/mol. The molecule has 0 spiro atoms. The number of aromatic nitrogens is 3. The predicted molar refractivity (Wildman–Crippen MR) is 112 cm³/mol. The second kappa shape index (κ2) is 9.02. The maximum absolute atomic E-state index is 11.8. The lowest BCUT2D eigenvalue weighted by Crippen LogP contribution is -2.45. The van der Waals surface area contributed by atoms with E-state index in [4.69, 9.17) is 11.5 Å². The number of anilines is 1. The van der Waals surface area contributed by atoms with Gasteiger partial charge in [-0.1, -0.05) is 18.2 Å². The molecule has 0 saturated carbocycles. The van der Waals surface area contributed by atoms with Gasteiger partial charge in [0.05, 0.1) is 17.9 Å². The van der Waals surface area contributed by atoms with Gasteiger partial charge < -0.3 is 32.7 Å². The molecule has 28 heavy (non-hydrogen) atoms. The summed E-state index contributed by atoms with van der Waals surface area (Å²) in [6.45, 7) is 0. The van der Waals surface area contributed by atoms with Crippen molar-refractivity contribution in [2.45, 2.75) is 18.5 Å². The van der Waals surface area contributed by atoms with Gasteiger partial charge in [-0.25, -0.2) is 9.97 Å². The Hall–Kier alpha value is -2.66. The molecule has 4 rings (SSSR count). The van der Waals surface area contributed by atoms with E-state index in [9.17, 15) is 4.79 Å². The van der Waals surface area contributed by atoms with Gasteiger partial charge in [-0.2, -0.15) is 11.8 Å². The molecule has 1 saturated heterocycles. The van der Waals surface area contributed by atoms with E-state index in [1.165, 1.54) is 6.20 Å². The lowest BCUT2D eigenvalue weighted by atomic mass is 10.1. The Bertz CT molecular complexity index is 930. The van der Waals surface area contributed by atoms with Crippen LogP contribution in [0.4, 0.5) is 5.82 Å². The summed E-state index contributed by atoms with van der Waals surface area (Å²) < 4.78 is 0. The summed E-state index contributed by atoms with van der Waals surface area (Å²) in [4.78, 5) is 24.0. The minimum absolute atomic E-state index is 0. The highest BCUT2D eigenvalue weighted by Crippen LogP contribution is 2.26. The van der Waals surface area contributed by atoms with E-state index in [1.54, 1.807) is 0 Å². The maximum Gasteiger partial charge on any atom is 0.269 e. The van der Waals surface area contributed by atoms with Crippen LogP contribution >= 0.6 is 11.8 Å². The summed E-state index contributed by atoms with van der Waals surface area (Å²) in [6, 6.07) is 10.0. The fraction of sp³-hybridized carbons (Fsp3) is 0.278. The van der Waals surface area contributed by atoms with Crippen LogP contribution < -0.4 is 16.8 Å². The van der Waals surface area contributed by atoms with Gasteiger partial charge in [0.15, 0.2) is 5.69 Å². The Labute approximate surface area is 165 Å². The molecule has 0 radical (unpaired) electrons. The van der Waals surface area contributed by atoms with Crippen LogP contribution in [0.15, 0.2) is 36.5 Å². The smallest absolute Gasteiger partial charge is 0.269 e. The second-order valence-corrected chi connectivity index (χ2v) is 7.52. The quantitative estimate of drug-likeness (QED) is 0.484. The molecule has 3 heterocycles. The van der Waals surface area contributed by atoms with Gasteiger partial charge >= 0.3 is 0 Å². The van der Waals surface area contributed by atoms with Crippen molar-refractivity contribution in [3.05, 3.63) is 42.2 Å². The molecule has 0 aliphatic carbocycles. The molecule has 0 bridgehead atoms. The van der Waals surface area contributed by atoms with Crippen LogP contribution in [-0.4, -0.2) is 55.4 Å². The number of primary amides is 1. The van der Waals surface area contributed by atoms with Gasteiger partial charge in [0.25, 0.3) is 5.91 Å². The maximum atomic E-state index is 11.8. The molecule has 10 N–H and O–H groups in total. The molecule has 0 unspecified atom stereocenters. The third-order valence-corrected chi connectivity index (χ3v) is 5.65. The van der Waals surface area contributed by atoms with Gasteiger partial charge in [-0.3, -0.25) is 4.79 Å². The largest absolute Gasteiger partial charge is 0.412 e. The zero-order valence-corrected chi connectivity index (χ0v) is 15.9. The van der Waals surface area contributed by atoms with Gasteiger partial charge in [0, 0.05) is 22.7 Å². The van der Waals surface area contributed by atoms with Gasteiger partial charge in [0.1, 0.15) is 11.5 Å². The number of para-hydroxylation sites is 1. The van der Waals surface area contributed by atoms with Crippen molar-refractivity contribution < 1.29 is 15.7 Å². The number of nitrogens with one attached hydrogen (secondary N) is 2. The molecule has 1 fully saturated rings. The predicted octanol–water partition coefficient (Wildman–Crippen LogP) is 0.319. The van der Waals surface area contributed by atoms with Gasteiger partial charge in [-0.15, -0.1) is 0 Å². The van der Waals surface area contributed by atoms with Crippen molar-refractivity contribution in [3.63, 3.8) is 0 Å². The molecule has 1 aliphatic rings. The molecule has 2 atom stereocenters. The number of nitrogens with two attached hydrogens (primary N) is 2. The summed E-state index contributed by atoms with van der Waals surface area (Å²) >= 11 is 1.87. The lowest BCUT2D eigenvalue weighted by Gasteiger charge is -2.29. The fourth-order valence-electron chi connectivity index (χ4n) is 3.12. The molecular formula is C18H24N6O3S. The highest BCUT2D eigenvalue weighted by Gasteiger charge is 2.23.